The molecular formula is C12H12N2O4S2. The Morgan fingerprint density at radius 1 is 1.60 bits per heavy atom. The first kappa shape index (κ1) is 14.5. The molecule has 8 heteroatoms. The predicted octanol–water partition coefficient (Wildman–Crippen LogP) is 1.34. The summed E-state index contributed by atoms with van der Waals surface area (Å²) < 4.78 is 33.5. The van der Waals surface area contributed by atoms with Crippen molar-refractivity contribution in [1.29, 1.82) is 0 Å². The van der Waals surface area contributed by atoms with Crippen LogP contribution in [-0.4, -0.2) is 38.1 Å². The van der Waals surface area contributed by atoms with Crippen molar-refractivity contribution in [3.05, 3.63) is 46.8 Å². The first-order chi connectivity index (χ1) is 9.49. The highest BCUT2D eigenvalue weighted by Crippen LogP contribution is 2.23. The molecule has 0 saturated heterocycles. The lowest BCUT2D eigenvalue weighted by Crippen LogP contribution is -2.36. The minimum Gasteiger partial charge on any atom is -0.464 e. The fraction of sp³-hybridized carbons (Fsp3) is 0.167. The predicted molar refractivity (Wildman–Crippen MR) is 76.8 cm³/mol. The Hall–Kier alpha value is -1.93. The Labute approximate surface area is 120 Å². The summed E-state index contributed by atoms with van der Waals surface area (Å²) in [4.78, 5) is 12.4. The van der Waals surface area contributed by atoms with E-state index < -0.39 is 16.2 Å². The molecule has 1 aromatic rings. The number of nitrogens with zero attached hydrogens (tertiary/aromatic N) is 2. The molecule has 0 N–H and O–H groups in total. The molecule has 1 aromatic heterocycles. The molecule has 2 rings (SSSR count). The van der Waals surface area contributed by atoms with Crippen molar-refractivity contribution in [3.8, 4) is 0 Å². The number of rotatable bonds is 4. The molecule has 0 bridgehead atoms. The minimum absolute atomic E-state index is 0.0511. The molecule has 2 heterocycles. The fourth-order valence-electron chi connectivity index (χ4n) is 1.64. The average molecular weight is 312 g/mol. The summed E-state index contributed by atoms with van der Waals surface area (Å²) in [5, 5.41) is 1.80. The lowest BCUT2D eigenvalue weighted by Gasteiger charge is -2.25. The zero-order valence-electron chi connectivity index (χ0n) is 10.6. The Balaban J connectivity index is 2.56. The molecule has 1 aliphatic heterocycles. The molecule has 0 radical (unpaired) electrons. The number of esters is 1. The second kappa shape index (κ2) is 5.59. The fourth-order valence-corrected chi connectivity index (χ4v) is 3.55. The third kappa shape index (κ3) is 2.66. The van der Waals surface area contributed by atoms with Gasteiger partial charge in [-0.3, -0.25) is 0 Å². The van der Waals surface area contributed by atoms with Crippen LogP contribution < -0.4 is 0 Å². The van der Waals surface area contributed by atoms with Crippen LogP contribution in [-0.2, 0) is 19.7 Å². The van der Waals surface area contributed by atoms with E-state index in [0.717, 1.165) is 4.31 Å². The first-order valence-electron chi connectivity index (χ1n) is 5.57. The van der Waals surface area contributed by atoms with E-state index in [2.05, 4.69) is 15.7 Å². The van der Waals surface area contributed by atoms with Crippen LogP contribution in [0.25, 0.3) is 0 Å². The number of ether oxygens (including phenoxy) is 1. The number of hydrogen-bond donors (Lipinski definition) is 0. The van der Waals surface area contributed by atoms with Crippen LogP contribution in [0.4, 0.5) is 0 Å². The third-order valence-electron chi connectivity index (χ3n) is 2.50. The molecule has 0 aliphatic carbocycles. The van der Waals surface area contributed by atoms with Gasteiger partial charge in [-0.05, 0) is 17.5 Å². The van der Waals surface area contributed by atoms with Crippen LogP contribution in [0.1, 0.15) is 4.88 Å². The van der Waals surface area contributed by atoms with Crippen molar-refractivity contribution in [2.75, 3.05) is 13.7 Å². The van der Waals surface area contributed by atoms with Crippen LogP contribution in [0.15, 0.2) is 46.3 Å². The lowest BCUT2D eigenvalue weighted by atomic mass is 10.2. The molecule has 6 nitrogen and oxygen atoms in total. The number of carbonyl (C=O) groups excluding carboxylic acids is 1. The molecular weight excluding hydrogens is 300 g/mol. The van der Waals surface area contributed by atoms with Gasteiger partial charge in [-0.2, -0.15) is 8.42 Å². The molecule has 0 amide bonds. The van der Waals surface area contributed by atoms with E-state index in [4.69, 9.17) is 0 Å². The maximum atomic E-state index is 12.2. The summed E-state index contributed by atoms with van der Waals surface area (Å²) in [5.41, 5.74) is 0.145. The van der Waals surface area contributed by atoms with Crippen molar-refractivity contribution in [2.45, 2.75) is 0 Å². The zero-order valence-corrected chi connectivity index (χ0v) is 12.3. The standard InChI is InChI=1S/C12H12N2O4S2/c1-3-6-14-10(12(15)18-2)8-9(13-20(14,16)17)11-5-4-7-19-11/h3-5,7-8H,1,6H2,2H3. The number of allylic oxidation sites excluding steroid dienone is 1. The maximum Gasteiger partial charge on any atom is 0.355 e. The van der Waals surface area contributed by atoms with Gasteiger partial charge in [-0.15, -0.1) is 22.3 Å². The molecule has 106 valence electrons. The van der Waals surface area contributed by atoms with E-state index >= 15 is 0 Å². The van der Waals surface area contributed by atoms with Gasteiger partial charge >= 0.3 is 16.2 Å². The van der Waals surface area contributed by atoms with Gasteiger partial charge in [0.1, 0.15) is 5.70 Å². The van der Waals surface area contributed by atoms with E-state index in [-0.39, 0.29) is 18.0 Å². The van der Waals surface area contributed by atoms with Crippen LogP contribution in [0.2, 0.25) is 0 Å². The summed E-state index contributed by atoms with van der Waals surface area (Å²) in [6.07, 6.45) is 2.78. The molecule has 0 spiro atoms. The molecule has 1 aliphatic rings. The highest BCUT2D eigenvalue weighted by Gasteiger charge is 2.32. The van der Waals surface area contributed by atoms with Crippen LogP contribution in [0, 0.1) is 0 Å². The van der Waals surface area contributed by atoms with Crippen molar-refractivity contribution in [2.24, 2.45) is 4.40 Å². The van der Waals surface area contributed by atoms with Gasteiger partial charge in [0.2, 0.25) is 0 Å². The maximum absolute atomic E-state index is 12.2. The van der Waals surface area contributed by atoms with E-state index in [9.17, 15) is 13.2 Å². The van der Waals surface area contributed by atoms with Gasteiger partial charge in [0.05, 0.1) is 24.2 Å². The lowest BCUT2D eigenvalue weighted by molar-refractivity contribution is -0.137. The van der Waals surface area contributed by atoms with E-state index in [1.165, 1.54) is 30.6 Å². The van der Waals surface area contributed by atoms with Gasteiger partial charge < -0.3 is 4.74 Å². The Kier molecular flexibility index (Phi) is 4.05. The number of carbonyl (C=O) groups is 1. The normalized spacial score (nSPS) is 17.1. The van der Waals surface area contributed by atoms with Crippen LogP contribution >= 0.6 is 11.3 Å². The van der Waals surface area contributed by atoms with Gasteiger partial charge in [0.15, 0.2) is 0 Å². The highest BCUT2D eigenvalue weighted by atomic mass is 32.2. The van der Waals surface area contributed by atoms with E-state index in [1.807, 2.05) is 0 Å². The minimum atomic E-state index is -3.98. The quantitative estimate of drug-likeness (QED) is 0.621. The van der Waals surface area contributed by atoms with Gasteiger partial charge in [-0.25, -0.2) is 9.10 Å². The van der Waals surface area contributed by atoms with Crippen LogP contribution in [0.3, 0.4) is 0 Å². The van der Waals surface area contributed by atoms with E-state index in [1.54, 1.807) is 17.5 Å². The monoisotopic (exact) mass is 312 g/mol. The number of hydrogen-bond acceptors (Lipinski definition) is 5. The summed E-state index contributed by atoms with van der Waals surface area (Å²) in [5.74, 6) is -0.737. The summed E-state index contributed by atoms with van der Waals surface area (Å²) in [6.45, 7) is 3.43. The average Bonchev–Trinajstić information content (AvgIpc) is 2.93. The Bertz CT molecular complexity index is 687. The Morgan fingerprint density at radius 2 is 2.35 bits per heavy atom. The van der Waals surface area contributed by atoms with Crippen molar-refractivity contribution in [1.82, 2.24) is 4.31 Å². The van der Waals surface area contributed by atoms with Gasteiger partial charge in [0, 0.05) is 0 Å². The highest BCUT2D eigenvalue weighted by molar-refractivity contribution is 7.88. The van der Waals surface area contributed by atoms with E-state index in [0.29, 0.717) is 4.88 Å². The van der Waals surface area contributed by atoms with Crippen molar-refractivity contribution < 1.29 is 17.9 Å². The second-order valence-corrected chi connectivity index (χ2v) is 6.24. The molecule has 0 atom stereocenters. The topological polar surface area (TPSA) is 76.0 Å². The Morgan fingerprint density at radius 3 is 2.90 bits per heavy atom. The van der Waals surface area contributed by atoms with Crippen LogP contribution in [0.5, 0.6) is 0 Å². The van der Waals surface area contributed by atoms with Crippen molar-refractivity contribution in [3.63, 3.8) is 0 Å². The number of thiophene rings is 1. The van der Waals surface area contributed by atoms with Gasteiger partial charge in [-0.1, -0.05) is 12.1 Å². The second-order valence-electron chi connectivity index (χ2n) is 3.77. The molecule has 0 fully saturated rings. The molecule has 0 unspecified atom stereocenters. The van der Waals surface area contributed by atoms with Gasteiger partial charge in [0.25, 0.3) is 0 Å². The summed E-state index contributed by atoms with van der Waals surface area (Å²) in [6, 6.07) is 3.50. The smallest absolute Gasteiger partial charge is 0.355 e. The molecule has 0 aromatic carbocycles. The molecule has 0 saturated carbocycles. The zero-order chi connectivity index (χ0) is 14.8. The number of methoxy groups -OCH3 is 1. The first-order valence-corrected chi connectivity index (χ1v) is 7.84. The SMILES string of the molecule is C=CCN1C(C(=O)OC)=CC(c2cccs2)=NS1(=O)=O. The van der Waals surface area contributed by atoms with Crippen molar-refractivity contribution >= 4 is 33.2 Å². The third-order valence-corrected chi connectivity index (χ3v) is 4.72. The summed E-state index contributed by atoms with van der Waals surface area (Å²) in [7, 11) is -2.78. The summed E-state index contributed by atoms with van der Waals surface area (Å²) >= 11 is 1.34. The molecule has 20 heavy (non-hydrogen) atoms. The largest absolute Gasteiger partial charge is 0.464 e.